The summed E-state index contributed by atoms with van der Waals surface area (Å²) in [5.74, 6) is 0.610. The fourth-order valence-corrected chi connectivity index (χ4v) is 0.946. The monoisotopic (exact) mass is 216 g/mol. The average Bonchev–Trinajstić information content (AvgIpc) is 2.08. The third kappa shape index (κ3) is 3.28. The van der Waals surface area contributed by atoms with E-state index in [4.69, 9.17) is 16.3 Å². The van der Waals surface area contributed by atoms with Crippen molar-refractivity contribution in [3.05, 3.63) is 29.3 Å². The van der Waals surface area contributed by atoms with Gasteiger partial charge in [-0.25, -0.2) is 0 Å². The number of ether oxygens (including phenoxy) is 1. The summed E-state index contributed by atoms with van der Waals surface area (Å²) in [5, 5.41) is 0.340. The van der Waals surface area contributed by atoms with Gasteiger partial charge in [0, 0.05) is 5.02 Å². The fraction of sp³-hybridized carbons (Fsp3) is 0.222. The number of benzene rings is 1. The molecule has 0 radical (unpaired) electrons. The first kappa shape index (κ1) is 10.4. The van der Waals surface area contributed by atoms with E-state index in [-0.39, 0.29) is 5.12 Å². The summed E-state index contributed by atoms with van der Waals surface area (Å²) < 4.78 is 5.25. The largest absolute Gasteiger partial charge is 0.482 e. The predicted molar refractivity (Wildman–Crippen MR) is 55.5 cm³/mol. The second-order valence-electron chi connectivity index (χ2n) is 2.55. The summed E-state index contributed by atoms with van der Waals surface area (Å²) in [5.41, 5.74) is 0. The van der Waals surface area contributed by atoms with Gasteiger partial charge >= 0.3 is 0 Å². The van der Waals surface area contributed by atoms with E-state index in [2.05, 4.69) is 12.6 Å². The number of carbonyl (C=O) groups excluding carboxylic acids is 1. The zero-order valence-electron chi connectivity index (χ0n) is 7.03. The number of carbonyl (C=O) groups is 1. The number of halogens is 1. The molecule has 0 aliphatic heterocycles. The maximum atomic E-state index is 10.7. The topological polar surface area (TPSA) is 26.3 Å². The Balaban J connectivity index is 2.64. The molecule has 0 N–H and O–H groups in total. The first-order chi connectivity index (χ1) is 6.09. The smallest absolute Gasteiger partial charge is 0.226 e. The summed E-state index contributed by atoms with van der Waals surface area (Å²) in [6.07, 6.45) is -0.537. The highest BCUT2D eigenvalue weighted by atomic mass is 35.5. The van der Waals surface area contributed by atoms with Gasteiger partial charge in [0.25, 0.3) is 0 Å². The van der Waals surface area contributed by atoms with Gasteiger partial charge in [0.05, 0.1) is 0 Å². The van der Waals surface area contributed by atoms with Crippen LogP contribution in [0.1, 0.15) is 6.92 Å². The molecule has 0 fully saturated rings. The molecule has 0 amide bonds. The van der Waals surface area contributed by atoms with Gasteiger partial charge in [-0.2, -0.15) is 0 Å². The lowest BCUT2D eigenvalue weighted by Gasteiger charge is -2.10. The number of hydrogen-bond acceptors (Lipinski definition) is 2. The average molecular weight is 217 g/mol. The summed E-state index contributed by atoms with van der Waals surface area (Å²) in [7, 11) is 0. The minimum Gasteiger partial charge on any atom is -0.482 e. The first-order valence-electron chi connectivity index (χ1n) is 3.74. The zero-order valence-corrected chi connectivity index (χ0v) is 8.68. The maximum absolute atomic E-state index is 10.7. The minimum absolute atomic E-state index is 0.296. The third-order valence-electron chi connectivity index (χ3n) is 1.47. The second-order valence-corrected chi connectivity index (χ2v) is 3.43. The first-order valence-corrected chi connectivity index (χ1v) is 4.57. The summed E-state index contributed by atoms with van der Waals surface area (Å²) >= 11 is 9.33. The van der Waals surface area contributed by atoms with Crippen molar-refractivity contribution in [2.75, 3.05) is 0 Å². The molecule has 0 aromatic heterocycles. The van der Waals surface area contributed by atoms with Crippen molar-refractivity contribution < 1.29 is 9.53 Å². The molecule has 0 bridgehead atoms. The molecule has 0 spiro atoms. The number of hydrogen-bond donors (Lipinski definition) is 1. The Labute approximate surface area is 87.3 Å². The van der Waals surface area contributed by atoms with Crippen molar-refractivity contribution in [2.24, 2.45) is 0 Å². The van der Waals surface area contributed by atoms with E-state index in [0.717, 1.165) is 0 Å². The summed E-state index contributed by atoms with van der Waals surface area (Å²) in [4.78, 5) is 10.7. The molecule has 2 nitrogen and oxygen atoms in total. The lowest BCUT2D eigenvalue weighted by molar-refractivity contribution is -0.116. The van der Waals surface area contributed by atoms with E-state index in [0.29, 0.717) is 10.8 Å². The lowest BCUT2D eigenvalue weighted by Crippen LogP contribution is -2.18. The molecule has 70 valence electrons. The molecule has 1 atom stereocenters. The standard InChI is InChI=1S/C9H9ClO2S/c1-6(9(11)13)12-8-4-2-7(10)3-5-8/h2-6H,1H3,(H,11,13). The fourth-order valence-electron chi connectivity index (χ4n) is 0.768. The Bertz CT molecular complexity index is 297. The van der Waals surface area contributed by atoms with E-state index < -0.39 is 6.10 Å². The molecular formula is C9H9ClO2S. The van der Waals surface area contributed by atoms with Crippen LogP contribution in [0.4, 0.5) is 0 Å². The summed E-state index contributed by atoms with van der Waals surface area (Å²) in [6.45, 7) is 1.64. The van der Waals surface area contributed by atoms with Crippen LogP contribution in [0.3, 0.4) is 0 Å². The van der Waals surface area contributed by atoms with Gasteiger partial charge < -0.3 is 4.74 Å². The van der Waals surface area contributed by atoms with Gasteiger partial charge in [0.15, 0.2) is 6.10 Å². The molecule has 1 unspecified atom stereocenters. The quantitative estimate of drug-likeness (QED) is 0.787. The molecule has 1 aromatic carbocycles. The Hall–Kier alpha value is -0.670. The minimum atomic E-state index is -0.537. The molecule has 1 rings (SSSR count). The van der Waals surface area contributed by atoms with Gasteiger partial charge in [-0.3, -0.25) is 4.79 Å². The molecule has 0 saturated heterocycles. The third-order valence-corrected chi connectivity index (χ3v) is 2.09. The maximum Gasteiger partial charge on any atom is 0.226 e. The highest BCUT2D eigenvalue weighted by molar-refractivity contribution is 7.96. The van der Waals surface area contributed by atoms with Crippen molar-refractivity contribution >= 4 is 29.3 Å². The molecule has 4 heteroatoms. The van der Waals surface area contributed by atoms with Crippen LogP contribution in [0.25, 0.3) is 0 Å². The Morgan fingerprint density at radius 3 is 2.46 bits per heavy atom. The SMILES string of the molecule is CC(Oc1ccc(Cl)cc1)C(=O)S. The Kier molecular flexibility index (Phi) is 3.63. The van der Waals surface area contributed by atoms with Gasteiger partial charge in [-0.05, 0) is 31.2 Å². The Morgan fingerprint density at radius 2 is 2.00 bits per heavy atom. The molecule has 0 aliphatic carbocycles. The van der Waals surface area contributed by atoms with Gasteiger partial charge in [-0.1, -0.05) is 11.6 Å². The normalized spacial score (nSPS) is 12.2. The zero-order chi connectivity index (χ0) is 9.84. The van der Waals surface area contributed by atoms with Crippen LogP contribution >= 0.6 is 24.2 Å². The van der Waals surface area contributed by atoms with Crippen LogP contribution in [-0.2, 0) is 4.79 Å². The van der Waals surface area contributed by atoms with Crippen molar-refractivity contribution in [3.63, 3.8) is 0 Å². The van der Waals surface area contributed by atoms with Crippen LogP contribution in [0.5, 0.6) is 5.75 Å². The summed E-state index contributed by atoms with van der Waals surface area (Å²) in [6, 6.07) is 6.81. The van der Waals surface area contributed by atoms with Crippen LogP contribution < -0.4 is 4.74 Å². The number of thiol groups is 1. The van der Waals surface area contributed by atoms with E-state index in [1.54, 1.807) is 31.2 Å². The van der Waals surface area contributed by atoms with Crippen LogP contribution in [-0.4, -0.2) is 11.2 Å². The van der Waals surface area contributed by atoms with E-state index in [9.17, 15) is 4.79 Å². The molecule has 0 heterocycles. The second kappa shape index (κ2) is 4.53. The van der Waals surface area contributed by atoms with E-state index in [1.807, 2.05) is 0 Å². The predicted octanol–water partition coefficient (Wildman–Crippen LogP) is 2.56. The van der Waals surface area contributed by atoms with Crippen molar-refractivity contribution in [1.29, 1.82) is 0 Å². The van der Waals surface area contributed by atoms with Gasteiger partial charge in [0.1, 0.15) is 5.75 Å². The van der Waals surface area contributed by atoms with Gasteiger partial charge in [-0.15, -0.1) is 12.6 Å². The number of rotatable bonds is 3. The van der Waals surface area contributed by atoms with Crippen LogP contribution in [0.2, 0.25) is 5.02 Å². The van der Waals surface area contributed by atoms with Gasteiger partial charge in [0.2, 0.25) is 5.12 Å². The van der Waals surface area contributed by atoms with Crippen LogP contribution in [0.15, 0.2) is 24.3 Å². The van der Waals surface area contributed by atoms with Crippen molar-refractivity contribution in [3.8, 4) is 5.75 Å². The van der Waals surface area contributed by atoms with E-state index >= 15 is 0 Å². The van der Waals surface area contributed by atoms with Crippen LogP contribution in [0, 0.1) is 0 Å². The molecular weight excluding hydrogens is 208 g/mol. The molecule has 0 saturated carbocycles. The Morgan fingerprint density at radius 1 is 1.46 bits per heavy atom. The lowest BCUT2D eigenvalue weighted by atomic mass is 10.3. The van der Waals surface area contributed by atoms with Crippen molar-refractivity contribution in [2.45, 2.75) is 13.0 Å². The highest BCUT2D eigenvalue weighted by Gasteiger charge is 2.09. The highest BCUT2D eigenvalue weighted by Crippen LogP contribution is 2.17. The van der Waals surface area contributed by atoms with E-state index in [1.165, 1.54) is 0 Å². The van der Waals surface area contributed by atoms with Crippen molar-refractivity contribution in [1.82, 2.24) is 0 Å². The molecule has 1 aromatic rings. The molecule has 0 aliphatic rings. The molecule has 13 heavy (non-hydrogen) atoms.